The van der Waals surface area contributed by atoms with Gasteiger partial charge in [0, 0.05) is 29.6 Å². The van der Waals surface area contributed by atoms with Crippen LogP contribution >= 0.6 is 0 Å². The first kappa shape index (κ1) is 24.6. The van der Waals surface area contributed by atoms with Crippen LogP contribution in [0.5, 0.6) is 5.75 Å². The van der Waals surface area contributed by atoms with Crippen molar-refractivity contribution >= 4 is 11.7 Å². The highest BCUT2D eigenvalue weighted by Gasteiger charge is 2.82. The summed E-state index contributed by atoms with van der Waals surface area (Å²) in [6.45, 7) is 15.5. The molecule has 12 atom stereocenters. The summed E-state index contributed by atoms with van der Waals surface area (Å²) in [7, 11) is 0. The molecule has 38 heavy (non-hydrogen) atoms. The fourth-order valence-corrected chi connectivity index (χ4v) is 10.3. The first-order valence-electron chi connectivity index (χ1n) is 14.2. The molecule has 0 spiro atoms. The average molecular weight is 518 g/mol. The van der Waals surface area contributed by atoms with Gasteiger partial charge < -0.3 is 19.9 Å². The van der Waals surface area contributed by atoms with Crippen LogP contribution in [0.2, 0.25) is 0 Å². The average Bonchev–Trinajstić information content (AvgIpc) is 3.50. The van der Waals surface area contributed by atoms with E-state index in [4.69, 9.17) is 9.47 Å². The number of carbonyl (C=O) groups is 2. The summed E-state index contributed by atoms with van der Waals surface area (Å²) in [4.78, 5) is 28.3. The zero-order chi connectivity index (χ0) is 27.0. The van der Waals surface area contributed by atoms with Gasteiger partial charge in [-0.05, 0) is 60.6 Å². The molecule has 4 aliphatic heterocycles. The number of carbonyl (C=O) groups excluding carboxylic acids is 2. The number of epoxide rings is 1. The lowest BCUT2D eigenvalue weighted by atomic mass is 9.53. The van der Waals surface area contributed by atoms with Crippen LogP contribution in [-0.2, 0) is 20.7 Å². The van der Waals surface area contributed by atoms with Gasteiger partial charge in [-0.3, -0.25) is 9.59 Å². The van der Waals surface area contributed by atoms with Crippen LogP contribution in [-0.4, -0.2) is 40.3 Å². The Kier molecular flexibility index (Phi) is 4.78. The van der Waals surface area contributed by atoms with Crippen molar-refractivity contribution in [2.24, 2.45) is 46.3 Å². The molecule has 2 saturated carbocycles. The van der Waals surface area contributed by atoms with Crippen LogP contribution in [0.3, 0.4) is 0 Å². The molecular formula is C32H39NO5. The SMILES string of the molecule is C=C[C@@]1(C)C=C(C)[C@@H]2C3C1C(=O)[C@]14O[C@H]1[C@](O)(Cc1ccc(cc1)O[C@@H]3[C@@H]1[C@@H](C)C[C@@H](C)C[C@]12C)NC4=O. The van der Waals surface area contributed by atoms with Gasteiger partial charge in [0.15, 0.2) is 17.6 Å². The molecule has 1 amide bonds. The zero-order valence-corrected chi connectivity index (χ0v) is 23.0. The largest absolute Gasteiger partial charge is 0.490 e. The van der Waals surface area contributed by atoms with Crippen molar-refractivity contribution in [2.45, 2.75) is 77.4 Å². The summed E-state index contributed by atoms with van der Waals surface area (Å²) in [5, 5.41) is 14.3. The molecule has 0 aromatic heterocycles. The van der Waals surface area contributed by atoms with E-state index < -0.39 is 34.7 Å². The van der Waals surface area contributed by atoms with E-state index in [-0.39, 0.29) is 41.5 Å². The minimum Gasteiger partial charge on any atom is -0.490 e. The molecule has 2 unspecified atom stereocenters. The van der Waals surface area contributed by atoms with Gasteiger partial charge in [-0.15, -0.1) is 6.58 Å². The molecule has 6 nitrogen and oxygen atoms in total. The van der Waals surface area contributed by atoms with Gasteiger partial charge >= 0.3 is 0 Å². The number of ether oxygens (including phenoxy) is 2. The quantitative estimate of drug-likeness (QED) is 0.331. The number of hydrogen-bond acceptors (Lipinski definition) is 5. The Morgan fingerprint density at radius 2 is 1.84 bits per heavy atom. The van der Waals surface area contributed by atoms with Crippen molar-refractivity contribution in [3.05, 3.63) is 54.1 Å². The number of fused-ring (bicyclic) bond motifs is 4. The van der Waals surface area contributed by atoms with E-state index >= 15 is 0 Å². The minimum atomic E-state index is -1.67. The van der Waals surface area contributed by atoms with Crippen molar-refractivity contribution in [3.8, 4) is 5.75 Å². The summed E-state index contributed by atoms with van der Waals surface area (Å²) in [5.74, 6) is 0.686. The number of allylic oxidation sites excluding steroid dienone is 3. The van der Waals surface area contributed by atoms with Gasteiger partial charge in [0.05, 0.1) is 0 Å². The van der Waals surface area contributed by atoms with Gasteiger partial charge in [-0.1, -0.05) is 57.6 Å². The lowest BCUT2D eigenvalue weighted by molar-refractivity contribution is -0.144. The third-order valence-corrected chi connectivity index (χ3v) is 11.3. The van der Waals surface area contributed by atoms with E-state index in [1.807, 2.05) is 30.3 Å². The molecule has 0 radical (unpaired) electrons. The maximum absolute atomic E-state index is 14.8. The number of rotatable bonds is 1. The Morgan fingerprint density at radius 3 is 2.50 bits per heavy atom. The fourth-order valence-electron chi connectivity index (χ4n) is 10.3. The monoisotopic (exact) mass is 517 g/mol. The molecule has 2 N–H and O–H groups in total. The molecule has 6 heteroatoms. The Bertz CT molecular complexity index is 1290. The summed E-state index contributed by atoms with van der Waals surface area (Å²) >= 11 is 0. The predicted octanol–water partition coefficient (Wildman–Crippen LogP) is 4.22. The van der Waals surface area contributed by atoms with E-state index in [2.05, 4.69) is 52.6 Å². The fraction of sp³-hybridized carbons (Fsp3) is 0.625. The number of ketones is 1. The summed E-state index contributed by atoms with van der Waals surface area (Å²) in [6, 6.07) is 7.81. The third-order valence-electron chi connectivity index (χ3n) is 11.3. The number of benzene rings is 1. The lowest BCUT2D eigenvalue weighted by Crippen LogP contribution is -2.54. The van der Waals surface area contributed by atoms with Crippen molar-refractivity contribution in [1.29, 1.82) is 0 Å². The number of Topliss-reactive ketones (excluding diaryl/α,β-unsaturated/α-hetero) is 1. The second-order valence-electron chi connectivity index (χ2n) is 13.9. The molecule has 4 fully saturated rings. The molecule has 4 bridgehead atoms. The smallest absolute Gasteiger partial charge is 0.265 e. The number of nitrogens with one attached hydrogen (secondary N) is 1. The van der Waals surface area contributed by atoms with Gasteiger partial charge in [-0.2, -0.15) is 0 Å². The van der Waals surface area contributed by atoms with Gasteiger partial charge in [-0.25, -0.2) is 0 Å². The molecule has 1 aromatic rings. The van der Waals surface area contributed by atoms with Gasteiger partial charge in [0.2, 0.25) is 5.60 Å². The Labute approximate surface area is 224 Å². The Hall–Kier alpha value is -2.44. The zero-order valence-electron chi connectivity index (χ0n) is 23.0. The number of amides is 1. The lowest BCUT2D eigenvalue weighted by Gasteiger charge is -2.50. The molecular weight excluding hydrogens is 478 g/mol. The first-order chi connectivity index (χ1) is 17.9. The van der Waals surface area contributed by atoms with Crippen LogP contribution in [0.4, 0.5) is 0 Å². The highest BCUT2D eigenvalue weighted by Crippen LogP contribution is 2.69. The first-order valence-corrected chi connectivity index (χ1v) is 14.2. The van der Waals surface area contributed by atoms with Crippen LogP contribution in [0.25, 0.3) is 0 Å². The van der Waals surface area contributed by atoms with Crippen LogP contribution < -0.4 is 10.1 Å². The Balaban J connectivity index is 1.48. The van der Waals surface area contributed by atoms with E-state index in [1.54, 1.807) is 0 Å². The van der Waals surface area contributed by atoms with E-state index in [1.165, 1.54) is 5.57 Å². The molecule has 2 saturated heterocycles. The minimum absolute atomic E-state index is 0.0504. The molecule has 1 aromatic carbocycles. The van der Waals surface area contributed by atoms with Gasteiger partial charge in [0.25, 0.3) is 5.91 Å². The van der Waals surface area contributed by atoms with E-state index in [9.17, 15) is 14.7 Å². The van der Waals surface area contributed by atoms with Crippen LogP contribution in [0.1, 0.15) is 53.0 Å². The van der Waals surface area contributed by atoms with Crippen molar-refractivity contribution in [1.82, 2.24) is 5.32 Å². The number of morpholine rings is 1. The second kappa shape index (κ2) is 7.39. The molecule has 4 heterocycles. The normalized spacial score (nSPS) is 52.2. The molecule has 202 valence electrons. The van der Waals surface area contributed by atoms with Crippen LogP contribution in [0.15, 0.2) is 48.6 Å². The predicted molar refractivity (Wildman–Crippen MR) is 142 cm³/mol. The standard InChI is InChI=1S/C32H39NO5/c1-7-29(5)14-18(4)22-21-24(29)26(34)32-27(38-32)31(36,33-28(32)35)15-19-8-10-20(11-9-19)37-25(21)23-17(3)12-16(2)13-30(22,23)6/h7-11,14,16-17,21-25,27,36H,1,12-13,15H2,2-6H3,(H,33,35)/t16-,17+,21?,22-,23+,24?,25+,27+,29+,30+,31-,32+/m1/s1. The maximum atomic E-state index is 14.8. The topological polar surface area (TPSA) is 88.2 Å². The molecule has 3 aliphatic carbocycles. The van der Waals surface area contributed by atoms with Gasteiger partial charge in [0.1, 0.15) is 11.9 Å². The van der Waals surface area contributed by atoms with E-state index in [0.29, 0.717) is 11.8 Å². The van der Waals surface area contributed by atoms with E-state index in [0.717, 1.165) is 24.2 Å². The summed E-state index contributed by atoms with van der Waals surface area (Å²) < 4.78 is 13.0. The highest BCUT2D eigenvalue weighted by atomic mass is 16.6. The van der Waals surface area contributed by atoms with Crippen molar-refractivity contribution in [2.75, 3.05) is 0 Å². The number of hydrogen-bond donors (Lipinski definition) is 2. The molecule has 7 aliphatic rings. The summed E-state index contributed by atoms with van der Waals surface area (Å²) in [5.41, 5.74) is -1.91. The Morgan fingerprint density at radius 1 is 1.13 bits per heavy atom. The molecule has 8 rings (SSSR count). The van der Waals surface area contributed by atoms with Crippen molar-refractivity contribution < 1.29 is 24.2 Å². The number of aliphatic hydroxyl groups is 1. The summed E-state index contributed by atoms with van der Waals surface area (Å²) in [6.07, 6.45) is 5.33. The van der Waals surface area contributed by atoms with Crippen LogP contribution in [0, 0.1) is 46.3 Å². The van der Waals surface area contributed by atoms with Crippen molar-refractivity contribution in [3.63, 3.8) is 0 Å². The third kappa shape index (κ3) is 2.86. The second-order valence-corrected chi connectivity index (χ2v) is 13.9. The maximum Gasteiger partial charge on any atom is 0.265 e. The highest BCUT2D eigenvalue weighted by molar-refractivity contribution is 6.16.